The van der Waals surface area contributed by atoms with Gasteiger partial charge in [0.25, 0.3) is 0 Å². The summed E-state index contributed by atoms with van der Waals surface area (Å²) in [7, 11) is 0. The average Bonchev–Trinajstić information content (AvgIpc) is 2.94. The molecule has 1 N–H and O–H groups in total. The van der Waals surface area contributed by atoms with E-state index in [0.29, 0.717) is 11.1 Å². The van der Waals surface area contributed by atoms with Gasteiger partial charge in [-0.1, -0.05) is 60.7 Å². The van der Waals surface area contributed by atoms with Gasteiger partial charge in [-0.25, -0.2) is 0 Å². The van der Waals surface area contributed by atoms with Crippen molar-refractivity contribution in [2.75, 3.05) is 5.32 Å². The van der Waals surface area contributed by atoms with E-state index in [1.54, 1.807) is 0 Å². The third-order valence-corrected chi connectivity index (χ3v) is 5.95. The van der Waals surface area contributed by atoms with Crippen molar-refractivity contribution in [1.29, 1.82) is 0 Å². The Morgan fingerprint density at radius 2 is 1.64 bits per heavy atom. The number of hydrogen-bond donors (Lipinski definition) is 1. The van der Waals surface area contributed by atoms with Crippen LogP contribution in [0, 0.1) is 0 Å². The summed E-state index contributed by atoms with van der Waals surface area (Å²) >= 11 is 0. The lowest BCUT2D eigenvalue weighted by atomic mass is 9.76. The summed E-state index contributed by atoms with van der Waals surface area (Å²) in [4.78, 5) is 13.0. The second-order valence-corrected chi connectivity index (χ2v) is 7.88. The maximum absolute atomic E-state index is 13.0. The second-order valence-electron chi connectivity index (χ2n) is 7.88. The number of nitrogens with one attached hydrogen (secondary N) is 1. The van der Waals surface area contributed by atoms with Gasteiger partial charge in [-0.2, -0.15) is 0 Å². The van der Waals surface area contributed by atoms with E-state index in [4.69, 9.17) is 4.74 Å². The van der Waals surface area contributed by atoms with E-state index in [-0.39, 0.29) is 11.2 Å². The number of anilines is 1. The number of carbonyl (C=O) groups is 1. The number of rotatable bonds is 2. The minimum absolute atomic E-state index is 0.00331. The summed E-state index contributed by atoms with van der Waals surface area (Å²) in [5.74, 6) is 0.723. The molecule has 2 aliphatic heterocycles. The Morgan fingerprint density at radius 3 is 2.43 bits per heavy atom. The van der Waals surface area contributed by atoms with E-state index < -0.39 is 5.72 Å². The molecule has 0 bridgehead atoms. The van der Waals surface area contributed by atoms with E-state index in [2.05, 4.69) is 43.4 Å². The van der Waals surface area contributed by atoms with Gasteiger partial charge in [0.15, 0.2) is 5.78 Å². The highest BCUT2D eigenvalue weighted by Crippen LogP contribution is 2.51. The van der Waals surface area contributed by atoms with E-state index in [0.717, 1.165) is 17.0 Å². The minimum atomic E-state index is -0.682. The van der Waals surface area contributed by atoms with Crippen molar-refractivity contribution >= 4 is 17.5 Å². The summed E-state index contributed by atoms with van der Waals surface area (Å²) in [5.41, 5.74) is 3.52. The Balaban J connectivity index is 1.58. The minimum Gasteiger partial charge on any atom is -0.463 e. The molecule has 3 nitrogen and oxygen atoms in total. The predicted octanol–water partition coefficient (Wildman–Crippen LogP) is 5.42. The van der Waals surface area contributed by atoms with Crippen molar-refractivity contribution in [3.63, 3.8) is 0 Å². The molecule has 3 aromatic rings. The Hall–Kier alpha value is -3.33. The van der Waals surface area contributed by atoms with Crippen molar-refractivity contribution in [3.8, 4) is 5.75 Å². The van der Waals surface area contributed by atoms with Crippen LogP contribution in [0.25, 0.3) is 6.08 Å². The first-order valence-corrected chi connectivity index (χ1v) is 9.51. The molecule has 0 saturated heterocycles. The summed E-state index contributed by atoms with van der Waals surface area (Å²) < 4.78 is 6.55. The van der Waals surface area contributed by atoms with E-state index >= 15 is 0 Å². The van der Waals surface area contributed by atoms with Crippen molar-refractivity contribution in [2.24, 2.45) is 0 Å². The fourth-order valence-corrected chi connectivity index (χ4v) is 4.25. The average molecular weight is 367 g/mol. The number of fused-ring (bicyclic) bond motifs is 2. The smallest absolute Gasteiger partial charge is 0.209 e. The standard InChI is InChI=1S/C25H21NO2/c1-24(2)20-12-6-7-13-21(20)26-25(24)16-15-18-19(11-8-14-22(18)28-25)23(27)17-9-4-3-5-10-17/h3-16,26H,1-2H3. The zero-order valence-electron chi connectivity index (χ0n) is 15.9. The molecule has 138 valence electrons. The Morgan fingerprint density at radius 1 is 0.893 bits per heavy atom. The van der Waals surface area contributed by atoms with E-state index in [1.807, 2.05) is 60.7 Å². The monoisotopic (exact) mass is 367 g/mol. The topological polar surface area (TPSA) is 38.3 Å². The summed E-state index contributed by atoms with van der Waals surface area (Å²) in [6.07, 6.45) is 4.08. The first-order chi connectivity index (χ1) is 13.5. The molecule has 2 aliphatic rings. The Labute approximate surface area is 164 Å². The van der Waals surface area contributed by atoms with E-state index in [1.165, 1.54) is 5.56 Å². The molecular formula is C25H21NO2. The number of ketones is 1. The zero-order chi connectivity index (χ0) is 19.4. The number of benzene rings is 3. The van der Waals surface area contributed by atoms with Crippen LogP contribution in [0.15, 0.2) is 78.9 Å². The highest BCUT2D eigenvalue weighted by atomic mass is 16.5. The largest absolute Gasteiger partial charge is 0.463 e. The summed E-state index contributed by atoms with van der Waals surface area (Å²) in [6.45, 7) is 4.36. The molecule has 1 unspecified atom stereocenters. The molecule has 1 atom stereocenters. The van der Waals surface area contributed by atoms with Crippen LogP contribution in [0.3, 0.4) is 0 Å². The number of para-hydroxylation sites is 1. The van der Waals surface area contributed by atoms with Gasteiger partial charge >= 0.3 is 0 Å². The van der Waals surface area contributed by atoms with E-state index in [9.17, 15) is 4.79 Å². The third kappa shape index (κ3) is 2.26. The molecule has 3 aromatic carbocycles. The van der Waals surface area contributed by atoms with Crippen molar-refractivity contribution in [3.05, 3.63) is 101 Å². The molecule has 0 saturated carbocycles. The molecule has 5 rings (SSSR count). The molecule has 2 heterocycles. The lowest BCUT2D eigenvalue weighted by Crippen LogP contribution is -2.53. The number of carbonyl (C=O) groups excluding carboxylic acids is 1. The van der Waals surface area contributed by atoms with Crippen LogP contribution in [-0.4, -0.2) is 11.5 Å². The lowest BCUT2D eigenvalue weighted by molar-refractivity contribution is 0.0819. The van der Waals surface area contributed by atoms with Gasteiger partial charge in [0.2, 0.25) is 5.72 Å². The molecule has 1 spiro atoms. The van der Waals surface area contributed by atoms with Gasteiger partial charge in [-0.05, 0) is 43.7 Å². The van der Waals surface area contributed by atoms with Crippen LogP contribution in [-0.2, 0) is 5.41 Å². The first-order valence-electron chi connectivity index (χ1n) is 9.51. The number of ether oxygens (including phenoxy) is 1. The first kappa shape index (κ1) is 16.8. The molecular weight excluding hydrogens is 346 g/mol. The van der Waals surface area contributed by atoms with Crippen molar-refractivity contribution < 1.29 is 9.53 Å². The van der Waals surface area contributed by atoms with Gasteiger partial charge in [-0.3, -0.25) is 4.79 Å². The molecule has 0 fully saturated rings. The van der Waals surface area contributed by atoms with Gasteiger partial charge in [-0.15, -0.1) is 0 Å². The SMILES string of the molecule is CC1(C)c2ccccc2NC12C=Cc1c(cccc1C(=O)c1ccccc1)O2. The fourth-order valence-electron chi connectivity index (χ4n) is 4.25. The molecule has 0 radical (unpaired) electrons. The Kier molecular flexibility index (Phi) is 3.50. The zero-order valence-corrected chi connectivity index (χ0v) is 15.9. The summed E-state index contributed by atoms with van der Waals surface area (Å²) in [5, 5.41) is 3.57. The fraction of sp³-hybridized carbons (Fsp3) is 0.160. The highest BCUT2D eigenvalue weighted by molar-refractivity contribution is 6.11. The van der Waals surface area contributed by atoms with Crippen LogP contribution in [0.5, 0.6) is 5.75 Å². The van der Waals surface area contributed by atoms with Crippen LogP contribution in [0.2, 0.25) is 0 Å². The molecule has 0 aliphatic carbocycles. The van der Waals surface area contributed by atoms with Gasteiger partial charge in [0.05, 0.1) is 5.41 Å². The van der Waals surface area contributed by atoms with Gasteiger partial charge < -0.3 is 10.1 Å². The molecule has 0 aromatic heterocycles. The molecule has 3 heteroatoms. The van der Waals surface area contributed by atoms with Crippen molar-refractivity contribution in [2.45, 2.75) is 25.0 Å². The quantitative estimate of drug-likeness (QED) is 0.615. The summed E-state index contributed by atoms with van der Waals surface area (Å²) in [6, 6.07) is 23.3. The van der Waals surface area contributed by atoms with Crippen LogP contribution < -0.4 is 10.1 Å². The van der Waals surface area contributed by atoms with Gasteiger partial charge in [0.1, 0.15) is 5.75 Å². The maximum Gasteiger partial charge on any atom is 0.209 e. The lowest BCUT2D eigenvalue weighted by Gasteiger charge is -2.41. The molecule has 0 amide bonds. The normalized spacial score (nSPS) is 20.8. The number of hydrogen-bond acceptors (Lipinski definition) is 3. The van der Waals surface area contributed by atoms with Crippen molar-refractivity contribution in [1.82, 2.24) is 0 Å². The Bertz CT molecular complexity index is 1110. The molecule has 28 heavy (non-hydrogen) atoms. The second kappa shape index (κ2) is 5.83. The van der Waals surface area contributed by atoms with Crippen LogP contribution in [0.4, 0.5) is 5.69 Å². The predicted molar refractivity (Wildman–Crippen MR) is 112 cm³/mol. The van der Waals surface area contributed by atoms with Crippen LogP contribution in [0.1, 0.15) is 40.9 Å². The third-order valence-electron chi connectivity index (χ3n) is 5.95. The van der Waals surface area contributed by atoms with Gasteiger partial charge in [0, 0.05) is 22.4 Å². The maximum atomic E-state index is 13.0. The van der Waals surface area contributed by atoms with Crippen LogP contribution >= 0.6 is 0 Å². The highest BCUT2D eigenvalue weighted by Gasteiger charge is 2.54.